The highest BCUT2D eigenvalue weighted by atomic mass is 32.1. The van der Waals surface area contributed by atoms with Gasteiger partial charge in [0.05, 0.1) is 23.1 Å². The van der Waals surface area contributed by atoms with E-state index >= 15 is 0 Å². The number of nitrogens with zero attached hydrogens (tertiary/aromatic N) is 4. The van der Waals surface area contributed by atoms with Crippen molar-refractivity contribution in [3.8, 4) is 0 Å². The Hall–Kier alpha value is -1.84. The fourth-order valence-electron chi connectivity index (χ4n) is 1.92. The first-order valence-corrected chi connectivity index (χ1v) is 7.68. The van der Waals surface area contributed by atoms with Gasteiger partial charge in [0.2, 0.25) is 0 Å². The van der Waals surface area contributed by atoms with Crippen molar-refractivity contribution in [2.75, 3.05) is 6.54 Å². The predicted molar refractivity (Wildman–Crippen MR) is 82.8 cm³/mol. The zero-order valence-electron chi connectivity index (χ0n) is 12.7. The molecule has 0 aromatic carbocycles. The first kappa shape index (κ1) is 16.5. The summed E-state index contributed by atoms with van der Waals surface area (Å²) in [5.41, 5.74) is 0.536. The van der Waals surface area contributed by atoms with Crippen LogP contribution in [-0.4, -0.2) is 37.4 Å². The first-order valence-electron chi connectivity index (χ1n) is 6.80. The van der Waals surface area contributed by atoms with Crippen molar-refractivity contribution >= 4 is 17.0 Å². The quantitative estimate of drug-likeness (QED) is 0.589. The van der Waals surface area contributed by atoms with Gasteiger partial charge in [0.15, 0.2) is 0 Å². The molecule has 2 rings (SSSR count). The first-order chi connectivity index (χ1) is 10.3. The van der Waals surface area contributed by atoms with Crippen LogP contribution in [0.4, 0.5) is 5.69 Å². The highest BCUT2D eigenvalue weighted by Crippen LogP contribution is 2.23. The van der Waals surface area contributed by atoms with Crippen molar-refractivity contribution in [3.05, 3.63) is 38.6 Å². The van der Waals surface area contributed by atoms with Crippen molar-refractivity contribution in [3.63, 3.8) is 0 Å². The summed E-state index contributed by atoms with van der Waals surface area (Å²) in [7, 11) is 0. The zero-order valence-corrected chi connectivity index (χ0v) is 13.5. The predicted octanol–water partition coefficient (Wildman–Crippen LogP) is 1.44. The smallest absolute Gasteiger partial charge is 0.306 e. The van der Waals surface area contributed by atoms with Crippen LogP contribution in [-0.2, 0) is 12.1 Å². The topological polar surface area (TPSA) is 106 Å². The lowest BCUT2D eigenvalue weighted by molar-refractivity contribution is -0.385. The van der Waals surface area contributed by atoms with E-state index in [1.807, 2.05) is 26.2 Å². The lowest BCUT2D eigenvalue weighted by Gasteiger charge is -2.25. The molecule has 120 valence electrons. The zero-order chi connectivity index (χ0) is 16.3. The molecular weight excluding hydrogens is 306 g/mol. The summed E-state index contributed by atoms with van der Waals surface area (Å²) >= 11 is 1.57. The average Bonchev–Trinajstić information content (AvgIpc) is 3.06. The molecule has 0 aliphatic heterocycles. The Kier molecular flexibility index (Phi) is 4.89. The van der Waals surface area contributed by atoms with Crippen molar-refractivity contribution in [2.24, 2.45) is 0 Å². The molecule has 1 atom stereocenters. The minimum absolute atomic E-state index is 0.0845. The number of aromatic nitrogens is 3. The second kappa shape index (κ2) is 6.51. The molecule has 8 nitrogen and oxygen atoms in total. The van der Waals surface area contributed by atoms with Gasteiger partial charge in [0, 0.05) is 17.6 Å². The fraction of sp³-hybridized carbons (Fsp3) is 0.538. The normalized spacial score (nSPS) is 13.3. The van der Waals surface area contributed by atoms with Gasteiger partial charge < -0.3 is 10.4 Å². The highest BCUT2D eigenvalue weighted by molar-refractivity contribution is 7.09. The van der Waals surface area contributed by atoms with E-state index in [2.05, 4.69) is 15.4 Å². The van der Waals surface area contributed by atoms with Crippen molar-refractivity contribution in [1.82, 2.24) is 20.1 Å². The summed E-state index contributed by atoms with van der Waals surface area (Å²) in [5, 5.41) is 30.7. The van der Waals surface area contributed by atoms with E-state index in [4.69, 9.17) is 0 Å². The molecule has 0 saturated carbocycles. The number of aliphatic hydroxyl groups excluding tert-OH is 1. The Bertz CT molecular complexity index is 652. The number of nitrogens with one attached hydrogen (secondary N) is 1. The monoisotopic (exact) mass is 325 g/mol. The van der Waals surface area contributed by atoms with Gasteiger partial charge in [-0.15, -0.1) is 11.3 Å². The third-order valence-corrected chi connectivity index (χ3v) is 4.45. The summed E-state index contributed by atoms with van der Waals surface area (Å²) in [6.45, 7) is 6.45. The third-order valence-electron chi connectivity index (χ3n) is 3.16. The van der Waals surface area contributed by atoms with Crippen molar-refractivity contribution < 1.29 is 10.0 Å². The van der Waals surface area contributed by atoms with Gasteiger partial charge in [0.1, 0.15) is 17.4 Å². The van der Waals surface area contributed by atoms with E-state index in [1.165, 1.54) is 17.1 Å². The molecule has 0 bridgehead atoms. The highest BCUT2D eigenvalue weighted by Gasteiger charge is 2.24. The van der Waals surface area contributed by atoms with E-state index in [1.54, 1.807) is 11.3 Å². The number of aliphatic hydroxyl groups is 1. The van der Waals surface area contributed by atoms with Crippen LogP contribution in [0.2, 0.25) is 0 Å². The number of aryl methyl sites for hydroxylation is 1. The Morgan fingerprint density at radius 2 is 2.32 bits per heavy atom. The van der Waals surface area contributed by atoms with E-state index in [9.17, 15) is 15.2 Å². The molecule has 0 spiro atoms. The molecule has 2 heterocycles. The molecule has 0 amide bonds. The number of thiazole rings is 1. The molecular formula is C13H19N5O3S. The SMILES string of the molecule is Cc1csc(C(C)(C)NCC(O)Cn2cc([N+](=O)[O-])cn2)n1. The second-order valence-corrected chi connectivity index (χ2v) is 6.49. The molecule has 22 heavy (non-hydrogen) atoms. The maximum Gasteiger partial charge on any atom is 0.306 e. The Labute approximate surface area is 132 Å². The van der Waals surface area contributed by atoms with Crippen LogP contribution in [0.5, 0.6) is 0 Å². The van der Waals surface area contributed by atoms with Crippen LogP contribution >= 0.6 is 11.3 Å². The summed E-state index contributed by atoms with van der Waals surface area (Å²) in [6, 6.07) is 0. The Morgan fingerprint density at radius 1 is 1.59 bits per heavy atom. The maximum absolute atomic E-state index is 10.6. The van der Waals surface area contributed by atoms with E-state index in [-0.39, 0.29) is 17.8 Å². The van der Waals surface area contributed by atoms with Gasteiger partial charge in [0.25, 0.3) is 0 Å². The summed E-state index contributed by atoms with van der Waals surface area (Å²) in [4.78, 5) is 14.5. The number of rotatable bonds is 7. The summed E-state index contributed by atoms with van der Waals surface area (Å²) in [5.74, 6) is 0. The van der Waals surface area contributed by atoms with E-state index in [0.29, 0.717) is 6.54 Å². The fourth-order valence-corrected chi connectivity index (χ4v) is 2.82. The minimum atomic E-state index is -0.708. The second-order valence-electron chi connectivity index (χ2n) is 5.63. The Morgan fingerprint density at radius 3 is 2.86 bits per heavy atom. The van der Waals surface area contributed by atoms with Crippen LogP contribution in [0.1, 0.15) is 24.5 Å². The lowest BCUT2D eigenvalue weighted by atomic mass is 10.1. The van der Waals surface area contributed by atoms with Crippen molar-refractivity contribution in [2.45, 2.75) is 39.0 Å². The molecule has 0 aliphatic rings. The average molecular weight is 325 g/mol. The van der Waals surface area contributed by atoms with Gasteiger partial charge in [-0.1, -0.05) is 0 Å². The van der Waals surface area contributed by atoms with Crippen LogP contribution in [0.25, 0.3) is 0 Å². The van der Waals surface area contributed by atoms with Gasteiger partial charge in [-0.2, -0.15) is 5.10 Å². The van der Waals surface area contributed by atoms with Crippen LogP contribution < -0.4 is 5.32 Å². The molecule has 0 aliphatic carbocycles. The van der Waals surface area contributed by atoms with Crippen LogP contribution in [0.3, 0.4) is 0 Å². The number of hydrogen-bond acceptors (Lipinski definition) is 7. The minimum Gasteiger partial charge on any atom is -0.390 e. The molecule has 2 N–H and O–H groups in total. The molecule has 1 unspecified atom stereocenters. The van der Waals surface area contributed by atoms with E-state index < -0.39 is 11.0 Å². The van der Waals surface area contributed by atoms with Crippen molar-refractivity contribution in [1.29, 1.82) is 0 Å². The standard InChI is InChI=1S/C13H19N5O3S/c1-9-8-22-12(16-9)13(2,3)14-5-11(19)7-17-6-10(4-15-17)18(20)21/h4,6,8,11,14,19H,5,7H2,1-3H3. The molecule has 2 aromatic rings. The molecule has 0 radical (unpaired) electrons. The van der Waals surface area contributed by atoms with Gasteiger partial charge in [-0.25, -0.2) is 4.98 Å². The summed E-state index contributed by atoms with van der Waals surface area (Å²) in [6.07, 6.45) is 1.76. The largest absolute Gasteiger partial charge is 0.390 e. The third kappa shape index (κ3) is 4.09. The van der Waals surface area contributed by atoms with Gasteiger partial charge in [-0.05, 0) is 20.8 Å². The van der Waals surface area contributed by atoms with Gasteiger partial charge in [-0.3, -0.25) is 14.8 Å². The lowest BCUT2D eigenvalue weighted by Crippen LogP contribution is -2.42. The maximum atomic E-state index is 10.6. The van der Waals surface area contributed by atoms with Crippen LogP contribution in [0.15, 0.2) is 17.8 Å². The van der Waals surface area contributed by atoms with Crippen LogP contribution in [0, 0.1) is 17.0 Å². The van der Waals surface area contributed by atoms with Gasteiger partial charge >= 0.3 is 5.69 Å². The molecule has 0 fully saturated rings. The molecule has 9 heteroatoms. The van der Waals surface area contributed by atoms with E-state index in [0.717, 1.165) is 10.7 Å². The summed E-state index contributed by atoms with van der Waals surface area (Å²) < 4.78 is 1.37. The number of hydrogen-bond donors (Lipinski definition) is 2. The Balaban J connectivity index is 1.89. The number of nitro groups is 1. The molecule has 2 aromatic heterocycles. The molecule has 0 saturated heterocycles.